The predicted molar refractivity (Wildman–Crippen MR) is 56.7 cm³/mol. The molecule has 0 spiro atoms. The Bertz CT molecular complexity index is 180. The van der Waals surface area contributed by atoms with Crippen molar-refractivity contribution in [1.82, 2.24) is 5.32 Å². The maximum absolute atomic E-state index is 3.75. The fourth-order valence-corrected chi connectivity index (χ4v) is 2.18. The van der Waals surface area contributed by atoms with Gasteiger partial charge in [0, 0.05) is 12.1 Å². The van der Waals surface area contributed by atoms with Gasteiger partial charge in [0.05, 0.1) is 0 Å². The summed E-state index contributed by atoms with van der Waals surface area (Å²) in [5.41, 5.74) is 0.637. The number of nitrogens with one attached hydrogen (secondary N) is 1. The third kappa shape index (κ3) is 2.46. The molecule has 2 unspecified atom stereocenters. The second-order valence-corrected chi connectivity index (χ2v) is 5.62. The van der Waals surface area contributed by atoms with E-state index < -0.39 is 0 Å². The minimum absolute atomic E-state index is 0.637. The molecule has 1 nitrogen and oxygen atoms in total. The lowest BCUT2D eigenvalue weighted by Crippen LogP contribution is -2.39. The molecule has 0 radical (unpaired) electrons. The summed E-state index contributed by atoms with van der Waals surface area (Å²) in [5.74, 6) is 1.06. The second-order valence-electron chi connectivity index (χ2n) is 5.62. The van der Waals surface area contributed by atoms with Crippen molar-refractivity contribution >= 4 is 0 Å². The lowest BCUT2D eigenvalue weighted by atomic mass is 9.99. The fraction of sp³-hybridized carbons (Fsp3) is 1.00. The van der Waals surface area contributed by atoms with Gasteiger partial charge in [-0.15, -0.1) is 0 Å². The first-order valence-corrected chi connectivity index (χ1v) is 5.86. The Hall–Kier alpha value is -0.0400. The molecule has 2 aliphatic carbocycles. The van der Waals surface area contributed by atoms with Gasteiger partial charge in [0.15, 0.2) is 0 Å². The van der Waals surface area contributed by atoms with Crippen molar-refractivity contribution in [2.24, 2.45) is 11.3 Å². The van der Waals surface area contributed by atoms with E-state index in [1.807, 2.05) is 0 Å². The van der Waals surface area contributed by atoms with Crippen molar-refractivity contribution in [3.8, 4) is 0 Å². The summed E-state index contributed by atoms with van der Waals surface area (Å²) >= 11 is 0. The third-order valence-electron chi connectivity index (χ3n) is 4.00. The molecule has 1 heteroatoms. The predicted octanol–water partition coefficient (Wildman–Crippen LogP) is 2.95. The zero-order chi connectivity index (χ0) is 9.47. The maximum Gasteiger partial charge on any atom is 0.00950 e. The van der Waals surface area contributed by atoms with Crippen LogP contribution in [-0.4, -0.2) is 12.1 Å². The van der Waals surface area contributed by atoms with Gasteiger partial charge in [0.2, 0.25) is 0 Å². The molecule has 0 aromatic rings. The molecule has 0 amide bonds. The molecule has 0 aromatic heterocycles. The Morgan fingerprint density at radius 1 is 1.31 bits per heavy atom. The van der Waals surface area contributed by atoms with Crippen molar-refractivity contribution < 1.29 is 0 Å². The van der Waals surface area contributed by atoms with Crippen LogP contribution in [0, 0.1) is 11.3 Å². The van der Waals surface area contributed by atoms with E-state index in [0.717, 1.165) is 18.0 Å². The van der Waals surface area contributed by atoms with Crippen LogP contribution in [-0.2, 0) is 0 Å². The monoisotopic (exact) mass is 181 g/mol. The van der Waals surface area contributed by atoms with E-state index in [1.165, 1.54) is 32.1 Å². The molecule has 76 valence electrons. The highest BCUT2D eigenvalue weighted by Crippen LogP contribution is 2.48. The van der Waals surface area contributed by atoms with Gasteiger partial charge in [-0.3, -0.25) is 0 Å². The highest BCUT2D eigenvalue weighted by Gasteiger charge is 2.42. The molecular formula is C12H23N. The van der Waals surface area contributed by atoms with Crippen LogP contribution in [0.1, 0.15) is 52.9 Å². The van der Waals surface area contributed by atoms with Crippen molar-refractivity contribution in [1.29, 1.82) is 0 Å². The fourth-order valence-electron chi connectivity index (χ4n) is 2.18. The molecule has 0 aromatic carbocycles. The normalized spacial score (nSPS) is 29.8. The Labute approximate surface area is 82.3 Å². The Kier molecular flexibility index (Phi) is 2.39. The Balaban J connectivity index is 1.69. The molecule has 2 aliphatic rings. The van der Waals surface area contributed by atoms with Gasteiger partial charge in [-0.05, 0) is 44.4 Å². The summed E-state index contributed by atoms with van der Waals surface area (Å²) in [6, 6.07) is 1.46. The van der Waals surface area contributed by atoms with Crippen molar-refractivity contribution in [2.45, 2.75) is 65.0 Å². The quantitative estimate of drug-likeness (QED) is 0.687. The van der Waals surface area contributed by atoms with E-state index in [0.29, 0.717) is 5.41 Å². The van der Waals surface area contributed by atoms with Crippen LogP contribution in [0.25, 0.3) is 0 Å². The van der Waals surface area contributed by atoms with Crippen LogP contribution in [0.3, 0.4) is 0 Å². The molecule has 2 rings (SSSR count). The summed E-state index contributed by atoms with van der Waals surface area (Å²) in [7, 11) is 0. The van der Waals surface area contributed by atoms with Gasteiger partial charge in [0.1, 0.15) is 0 Å². The molecule has 13 heavy (non-hydrogen) atoms. The van der Waals surface area contributed by atoms with Crippen LogP contribution < -0.4 is 5.32 Å². The topological polar surface area (TPSA) is 12.0 Å². The Morgan fingerprint density at radius 3 is 2.38 bits per heavy atom. The van der Waals surface area contributed by atoms with Crippen molar-refractivity contribution in [2.75, 3.05) is 0 Å². The molecule has 0 heterocycles. The lowest BCUT2D eigenvalue weighted by molar-refractivity contribution is 0.333. The lowest BCUT2D eigenvalue weighted by Gasteiger charge is -2.25. The van der Waals surface area contributed by atoms with E-state index >= 15 is 0 Å². The summed E-state index contributed by atoms with van der Waals surface area (Å²) in [6.45, 7) is 7.12. The first-order chi connectivity index (χ1) is 6.10. The van der Waals surface area contributed by atoms with Gasteiger partial charge < -0.3 is 5.32 Å². The molecule has 0 saturated heterocycles. The summed E-state index contributed by atoms with van der Waals surface area (Å²) in [5, 5.41) is 3.75. The first-order valence-electron chi connectivity index (χ1n) is 5.86. The maximum atomic E-state index is 3.75. The zero-order valence-corrected chi connectivity index (χ0v) is 9.27. The van der Waals surface area contributed by atoms with Gasteiger partial charge in [-0.25, -0.2) is 0 Å². The van der Waals surface area contributed by atoms with E-state index in [4.69, 9.17) is 0 Å². The van der Waals surface area contributed by atoms with Crippen molar-refractivity contribution in [3.63, 3.8) is 0 Å². The number of rotatable bonds is 5. The van der Waals surface area contributed by atoms with Gasteiger partial charge in [-0.2, -0.15) is 0 Å². The highest BCUT2D eigenvalue weighted by molar-refractivity contribution is 4.97. The average Bonchev–Trinajstić information content (AvgIpc) is 2.88. The largest absolute Gasteiger partial charge is 0.311 e. The number of hydrogen-bond donors (Lipinski definition) is 1. The summed E-state index contributed by atoms with van der Waals surface area (Å²) in [4.78, 5) is 0. The smallest absolute Gasteiger partial charge is 0.00950 e. The third-order valence-corrected chi connectivity index (χ3v) is 4.00. The zero-order valence-electron chi connectivity index (χ0n) is 9.27. The second kappa shape index (κ2) is 3.27. The minimum Gasteiger partial charge on any atom is -0.311 e. The van der Waals surface area contributed by atoms with Crippen LogP contribution in [0.5, 0.6) is 0 Å². The standard InChI is InChI=1S/C12H23N/c1-9(8-11-4-5-11)13-10(2)12(3)6-7-12/h9-11,13H,4-8H2,1-3H3. The number of hydrogen-bond acceptors (Lipinski definition) is 1. The molecule has 0 aliphatic heterocycles. The molecule has 1 N–H and O–H groups in total. The van der Waals surface area contributed by atoms with E-state index in [-0.39, 0.29) is 0 Å². The molecular weight excluding hydrogens is 158 g/mol. The molecule has 2 atom stereocenters. The van der Waals surface area contributed by atoms with E-state index in [9.17, 15) is 0 Å². The highest BCUT2D eigenvalue weighted by atomic mass is 15.0. The van der Waals surface area contributed by atoms with Gasteiger partial charge in [-0.1, -0.05) is 19.8 Å². The summed E-state index contributed by atoms with van der Waals surface area (Å²) < 4.78 is 0. The SMILES string of the molecule is CC(CC1CC1)NC(C)C1(C)CC1. The first kappa shape index (κ1) is 9.51. The molecule has 0 bridgehead atoms. The van der Waals surface area contributed by atoms with Crippen LogP contribution in [0.15, 0.2) is 0 Å². The average molecular weight is 181 g/mol. The molecule has 2 fully saturated rings. The van der Waals surface area contributed by atoms with Crippen molar-refractivity contribution in [3.05, 3.63) is 0 Å². The van der Waals surface area contributed by atoms with Crippen LogP contribution in [0.2, 0.25) is 0 Å². The van der Waals surface area contributed by atoms with E-state index in [2.05, 4.69) is 26.1 Å². The van der Waals surface area contributed by atoms with Gasteiger partial charge in [0.25, 0.3) is 0 Å². The Morgan fingerprint density at radius 2 is 1.92 bits per heavy atom. The minimum atomic E-state index is 0.637. The van der Waals surface area contributed by atoms with Crippen LogP contribution >= 0.6 is 0 Å². The van der Waals surface area contributed by atoms with Crippen LogP contribution in [0.4, 0.5) is 0 Å². The van der Waals surface area contributed by atoms with E-state index in [1.54, 1.807) is 0 Å². The van der Waals surface area contributed by atoms with Gasteiger partial charge >= 0.3 is 0 Å². The molecule has 2 saturated carbocycles. The summed E-state index contributed by atoms with van der Waals surface area (Å²) in [6.07, 6.45) is 7.23.